The molecule has 0 radical (unpaired) electrons. The van der Waals surface area contributed by atoms with E-state index in [0.717, 1.165) is 19.1 Å². The molecule has 3 nitrogen and oxygen atoms in total. The third kappa shape index (κ3) is 4.23. The number of likely N-dealkylation sites (tertiary alicyclic amines) is 1. The quantitative estimate of drug-likeness (QED) is 0.765. The van der Waals surface area contributed by atoms with Crippen LogP contribution >= 0.6 is 0 Å². The van der Waals surface area contributed by atoms with Crippen molar-refractivity contribution in [1.82, 2.24) is 9.80 Å². The third-order valence-electron chi connectivity index (χ3n) is 4.38. The molecule has 1 saturated heterocycles. The molecule has 2 rings (SSSR count). The average Bonchev–Trinajstić information content (AvgIpc) is 2.89. The SMILES string of the molecule is OCCN(CCN1CCCCC1)C1CCCC1. The Morgan fingerprint density at radius 2 is 1.65 bits per heavy atom. The molecule has 0 unspecified atom stereocenters. The van der Waals surface area contributed by atoms with Gasteiger partial charge >= 0.3 is 0 Å². The zero-order chi connectivity index (χ0) is 11.9. The molecule has 0 bridgehead atoms. The molecule has 0 aromatic rings. The molecule has 0 spiro atoms. The van der Waals surface area contributed by atoms with E-state index in [-0.39, 0.29) is 0 Å². The van der Waals surface area contributed by atoms with Gasteiger partial charge in [-0.2, -0.15) is 0 Å². The summed E-state index contributed by atoms with van der Waals surface area (Å²) in [5, 5.41) is 9.18. The first-order valence-corrected chi connectivity index (χ1v) is 7.47. The average molecular weight is 240 g/mol. The van der Waals surface area contributed by atoms with E-state index in [9.17, 15) is 5.11 Å². The Morgan fingerprint density at radius 1 is 0.941 bits per heavy atom. The normalized spacial score (nSPS) is 23.6. The minimum Gasteiger partial charge on any atom is -0.395 e. The molecule has 100 valence electrons. The van der Waals surface area contributed by atoms with Gasteiger partial charge in [-0.1, -0.05) is 19.3 Å². The molecule has 1 saturated carbocycles. The van der Waals surface area contributed by atoms with E-state index in [0.29, 0.717) is 6.61 Å². The van der Waals surface area contributed by atoms with Crippen molar-refractivity contribution in [3.63, 3.8) is 0 Å². The molecule has 0 aromatic heterocycles. The second kappa shape index (κ2) is 7.34. The van der Waals surface area contributed by atoms with Crippen LogP contribution in [0, 0.1) is 0 Å². The van der Waals surface area contributed by atoms with Crippen molar-refractivity contribution in [2.45, 2.75) is 51.0 Å². The molecular formula is C14H28N2O. The van der Waals surface area contributed by atoms with Gasteiger partial charge in [0.2, 0.25) is 0 Å². The van der Waals surface area contributed by atoms with Gasteiger partial charge in [-0.3, -0.25) is 4.90 Å². The highest BCUT2D eigenvalue weighted by Gasteiger charge is 2.22. The second-order valence-corrected chi connectivity index (χ2v) is 5.60. The highest BCUT2D eigenvalue weighted by molar-refractivity contribution is 4.78. The first kappa shape index (κ1) is 13.3. The number of nitrogens with zero attached hydrogens (tertiary/aromatic N) is 2. The number of hydrogen-bond acceptors (Lipinski definition) is 3. The lowest BCUT2D eigenvalue weighted by Crippen LogP contribution is -2.42. The Kier molecular flexibility index (Phi) is 5.75. The van der Waals surface area contributed by atoms with Crippen LogP contribution in [-0.2, 0) is 0 Å². The molecular weight excluding hydrogens is 212 g/mol. The van der Waals surface area contributed by atoms with E-state index < -0.39 is 0 Å². The molecule has 1 aliphatic heterocycles. The Hall–Kier alpha value is -0.120. The van der Waals surface area contributed by atoms with Crippen molar-refractivity contribution in [2.75, 3.05) is 39.3 Å². The van der Waals surface area contributed by atoms with Crippen molar-refractivity contribution >= 4 is 0 Å². The summed E-state index contributed by atoms with van der Waals surface area (Å²) in [5.74, 6) is 0. The van der Waals surface area contributed by atoms with Crippen LogP contribution < -0.4 is 0 Å². The van der Waals surface area contributed by atoms with Gasteiger partial charge < -0.3 is 10.0 Å². The highest BCUT2D eigenvalue weighted by Crippen LogP contribution is 2.23. The van der Waals surface area contributed by atoms with Gasteiger partial charge in [0.05, 0.1) is 6.61 Å². The fourth-order valence-corrected chi connectivity index (χ4v) is 3.33. The second-order valence-electron chi connectivity index (χ2n) is 5.60. The molecule has 1 aliphatic carbocycles. The summed E-state index contributed by atoms with van der Waals surface area (Å²) in [4.78, 5) is 5.13. The number of hydrogen-bond donors (Lipinski definition) is 1. The standard InChI is InChI=1S/C14H28N2O/c17-13-12-16(14-6-2-3-7-14)11-10-15-8-4-1-5-9-15/h14,17H,1-13H2. The van der Waals surface area contributed by atoms with Crippen LogP contribution in [0.25, 0.3) is 0 Å². The maximum absolute atomic E-state index is 9.18. The van der Waals surface area contributed by atoms with Crippen molar-refractivity contribution < 1.29 is 5.11 Å². The summed E-state index contributed by atoms with van der Waals surface area (Å²) < 4.78 is 0. The first-order valence-electron chi connectivity index (χ1n) is 7.47. The van der Waals surface area contributed by atoms with Crippen LogP contribution in [0.1, 0.15) is 44.9 Å². The Bertz CT molecular complexity index is 198. The summed E-state index contributed by atoms with van der Waals surface area (Å²) in [6.45, 7) is 6.13. The number of piperidine rings is 1. The van der Waals surface area contributed by atoms with Gasteiger partial charge in [0.25, 0.3) is 0 Å². The van der Waals surface area contributed by atoms with Crippen LogP contribution in [0.4, 0.5) is 0 Å². The maximum atomic E-state index is 9.18. The van der Waals surface area contributed by atoms with Gasteiger partial charge in [-0.15, -0.1) is 0 Å². The van der Waals surface area contributed by atoms with Crippen LogP contribution in [0.5, 0.6) is 0 Å². The molecule has 2 aliphatic rings. The van der Waals surface area contributed by atoms with Crippen molar-refractivity contribution in [3.8, 4) is 0 Å². The lowest BCUT2D eigenvalue weighted by molar-refractivity contribution is 0.124. The van der Waals surface area contributed by atoms with Gasteiger partial charge in [0.15, 0.2) is 0 Å². The van der Waals surface area contributed by atoms with Crippen molar-refractivity contribution in [3.05, 3.63) is 0 Å². The van der Waals surface area contributed by atoms with Crippen LogP contribution in [0.15, 0.2) is 0 Å². The smallest absolute Gasteiger partial charge is 0.0558 e. The van der Waals surface area contributed by atoms with E-state index in [1.54, 1.807) is 0 Å². The molecule has 0 atom stereocenters. The molecule has 0 amide bonds. The van der Waals surface area contributed by atoms with Gasteiger partial charge in [0.1, 0.15) is 0 Å². The fraction of sp³-hybridized carbons (Fsp3) is 1.00. The van der Waals surface area contributed by atoms with Crippen LogP contribution in [-0.4, -0.2) is 60.3 Å². The molecule has 1 N–H and O–H groups in total. The lowest BCUT2D eigenvalue weighted by Gasteiger charge is -2.32. The molecule has 2 fully saturated rings. The fourth-order valence-electron chi connectivity index (χ4n) is 3.33. The molecule has 1 heterocycles. The number of aliphatic hydroxyl groups is 1. The van der Waals surface area contributed by atoms with Gasteiger partial charge in [-0.25, -0.2) is 0 Å². The Labute approximate surface area is 106 Å². The van der Waals surface area contributed by atoms with E-state index in [2.05, 4.69) is 9.80 Å². The predicted molar refractivity (Wildman–Crippen MR) is 71.2 cm³/mol. The first-order chi connectivity index (χ1) is 8.40. The highest BCUT2D eigenvalue weighted by atomic mass is 16.3. The third-order valence-corrected chi connectivity index (χ3v) is 4.38. The maximum Gasteiger partial charge on any atom is 0.0558 e. The van der Waals surface area contributed by atoms with E-state index in [1.807, 2.05) is 0 Å². The summed E-state index contributed by atoms with van der Waals surface area (Å²) in [6.07, 6.45) is 9.64. The molecule has 17 heavy (non-hydrogen) atoms. The van der Waals surface area contributed by atoms with E-state index in [1.165, 1.54) is 64.6 Å². The minimum absolute atomic E-state index is 0.316. The Morgan fingerprint density at radius 3 is 2.29 bits per heavy atom. The summed E-state index contributed by atoms with van der Waals surface area (Å²) >= 11 is 0. The van der Waals surface area contributed by atoms with Crippen LogP contribution in [0.3, 0.4) is 0 Å². The predicted octanol–water partition coefficient (Wildman–Crippen LogP) is 1.71. The van der Waals surface area contributed by atoms with Gasteiger partial charge in [-0.05, 0) is 38.8 Å². The van der Waals surface area contributed by atoms with Crippen molar-refractivity contribution in [2.24, 2.45) is 0 Å². The topological polar surface area (TPSA) is 26.7 Å². The lowest BCUT2D eigenvalue weighted by atomic mass is 10.1. The van der Waals surface area contributed by atoms with E-state index >= 15 is 0 Å². The van der Waals surface area contributed by atoms with Gasteiger partial charge in [0, 0.05) is 25.7 Å². The summed E-state index contributed by atoms with van der Waals surface area (Å²) in [7, 11) is 0. The van der Waals surface area contributed by atoms with Crippen molar-refractivity contribution in [1.29, 1.82) is 0 Å². The number of rotatable bonds is 6. The summed E-state index contributed by atoms with van der Waals surface area (Å²) in [5.41, 5.74) is 0. The molecule has 0 aromatic carbocycles. The monoisotopic (exact) mass is 240 g/mol. The largest absolute Gasteiger partial charge is 0.395 e. The summed E-state index contributed by atoms with van der Waals surface area (Å²) in [6, 6.07) is 0.756. The van der Waals surface area contributed by atoms with E-state index in [4.69, 9.17) is 0 Å². The minimum atomic E-state index is 0.316. The zero-order valence-electron chi connectivity index (χ0n) is 11.1. The zero-order valence-corrected chi connectivity index (χ0v) is 11.1. The Balaban J connectivity index is 1.72. The molecule has 3 heteroatoms. The number of aliphatic hydroxyl groups excluding tert-OH is 1. The van der Waals surface area contributed by atoms with Crippen LogP contribution in [0.2, 0.25) is 0 Å².